The molecule has 0 spiro atoms. The summed E-state index contributed by atoms with van der Waals surface area (Å²) in [5.74, 6) is 0.259. The summed E-state index contributed by atoms with van der Waals surface area (Å²) in [5.41, 5.74) is 2.43. The molecule has 0 unspecified atom stereocenters. The molecule has 0 saturated heterocycles. The van der Waals surface area contributed by atoms with Crippen LogP contribution in [-0.4, -0.2) is 41.8 Å². The van der Waals surface area contributed by atoms with Crippen LogP contribution in [0.5, 0.6) is 5.75 Å². The molecule has 3 aromatic rings. The predicted octanol–water partition coefficient (Wildman–Crippen LogP) is 5.02. The number of nitriles is 1. The number of halogens is 2. The van der Waals surface area contributed by atoms with Crippen molar-refractivity contribution in [2.45, 2.75) is 56.7 Å². The quantitative estimate of drug-likeness (QED) is 0.434. The van der Waals surface area contributed by atoms with Crippen molar-refractivity contribution in [2.24, 2.45) is 7.05 Å². The molecule has 2 aliphatic carbocycles. The van der Waals surface area contributed by atoms with Crippen LogP contribution in [0.4, 0.5) is 15.8 Å². The fraction of sp³-hybridized carbons (Fsp3) is 0.444. The van der Waals surface area contributed by atoms with Gasteiger partial charge < -0.3 is 19.1 Å². The molecule has 0 amide bonds. The monoisotopic (exact) mass is 509 g/mol. The minimum absolute atomic E-state index is 0.0834. The Morgan fingerprint density at radius 1 is 1.11 bits per heavy atom. The van der Waals surface area contributed by atoms with Crippen molar-refractivity contribution in [3.63, 3.8) is 0 Å². The van der Waals surface area contributed by atoms with Gasteiger partial charge in [0.15, 0.2) is 0 Å². The summed E-state index contributed by atoms with van der Waals surface area (Å²) in [5, 5.41) is 10.2. The van der Waals surface area contributed by atoms with E-state index < -0.39 is 0 Å². The highest BCUT2D eigenvalue weighted by molar-refractivity contribution is 6.29. The Morgan fingerprint density at radius 3 is 2.36 bits per heavy atom. The number of nitrogens with zero attached hydrogens (tertiary/aromatic N) is 5. The maximum atomic E-state index is 13.8. The SMILES string of the molecule is COc1cc(F)ccc1N(C1CC1)[C@H]1CC[C@@H](N(C)c2c(C#N)c(=O)n(C)c3ccc(Cl)nc23)CC1. The van der Waals surface area contributed by atoms with E-state index >= 15 is 0 Å². The van der Waals surface area contributed by atoms with Crippen LogP contribution in [-0.2, 0) is 7.05 Å². The molecule has 36 heavy (non-hydrogen) atoms. The lowest BCUT2D eigenvalue weighted by Crippen LogP contribution is -2.45. The van der Waals surface area contributed by atoms with E-state index in [1.54, 1.807) is 26.3 Å². The van der Waals surface area contributed by atoms with Crippen LogP contribution in [0.3, 0.4) is 0 Å². The standard InChI is InChI=1S/C27H29ClFN5O2/c1-32(26-20(15-30)27(35)33(2)22-12-13-24(28)31-25(22)26)17-5-7-18(8-6-17)34(19-9-10-19)21-11-4-16(29)14-23(21)36-3/h4,11-14,17-19H,5-10H2,1-3H3/t17-,18+. The number of hydrogen-bond acceptors (Lipinski definition) is 6. The normalized spacial score (nSPS) is 19.7. The first kappa shape index (κ1) is 24.4. The average Bonchev–Trinajstić information content (AvgIpc) is 3.72. The largest absolute Gasteiger partial charge is 0.494 e. The topological polar surface area (TPSA) is 74.4 Å². The average molecular weight is 510 g/mol. The molecule has 0 N–H and O–H groups in total. The lowest BCUT2D eigenvalue weighted by atomic mass is 9.88. The number of fused-ring (bicyclic) bond motifs is 1. The van der Waals surface area contributed by atoms with Gasteiger partial charge in [0.2, 0.25) is 0 Å². The van der Waals surface area contributed by atoms with Crippen LogP contribution in [0.2, 0.25) is 5.15 Å². The number of anilines is 2. The Balaban J connectivity index is 1.43. The minimum atomic E-state index is -0.340. The van der Waals surface area contributed by atoms with E-state index in [1.807, 2.05) is 18.0 Å². The van der Waals surface area contributed by atoms with Gasteiger partial charge in [-0.1, -0.05) is 11.6 Å². The molecule has 5 rings (SSSR count). The first-order valence-corrected chi connectivity index (χ1v) is 12.7. The molecular formula is C27H29ClFN5O2. The number of rotatable bonds is 6. The second kappa shape index (κ2) is 9.62. The third kappa shape index (κ3) is 4.26. The first-order valence-electron chi connectivity index (χ1n) is 12.3. The molecule has 1 aromatic carbocycles. The summed E-state index contributed by atoms with van der Waals surface area (Å²) >= 11 is 6.21. The van der Waals surface area contributed by atoms with Crippen LogP contribution in [0.25, 0.3) is 11.0 Å². The summed E-state index contributed by atoms with van der Waals surface area (Å²) in [7, 11) is 5.16. The Kier molecular flexibility index (Phi) is 6.52. The molecule has 2 heterocycles. The molecule has 2 aliphatic rings. The summed E-state index contributed by atoms with van der Waals surface area (Å²) < 4.78 is 20.8. The van der Waals surface area contributed by atoms with Crippen LogP contribution < -0.4 is 20.1 Å². The number of benzene rings is 1. The van der Waals surface area contributed by atoms with Crippen molar-refractivity contribution in [3.8, 4) is 11.8 Å². The molecule has 2 aromatic heterocycles. The van der Waals surface area contributed by atoms with Crippen LogP contribution in [0, 0.1) is 17.1 Å². The Morgan fingerprint density at radius 2 is 1.75 bits per heavy atom. The smallest absolute Gasteiger partial charge is 0.270 e. The van der Waals surface area contributed by atoms with Gasteiger partial charge in [-0.15, -0.1) is 0 Å². The van der Waals surface area contributed by atoms with Crippen molar-refractivity contribution in [3.05, 3.63) is 57.2 Å². The van der Waals surface area contributed by atoms with Crippen molar-refractivity contribution in [1.29, 1.82) is 5.26 Å². The lowest BCUT2D eigenvalue weighted by Gasteiger charge is -2.42. The van der Waals surface area contributed by atoms with Crippen molar-refractivity contribution in [1.82, 2.24) is 9.55 Å². The zero-order chi connectivity index (χ0) is 25.6. The van der Waals surface area contributed by atoms with Crippen LogP contribution >= 0.6 is 11.6 Å². The number of pyridine rings is 2. The third-order valence-electron chi connectivity index (χ3n) is 7.61. The predicted molar refractivity (Wildman–Crippen MR) is 140 cm³/mol. The minimum Gasteiger partial charge on any atom is -0.494 e. The lowest BCUT2D eigenvalue weighted by molar-refractivity contribution is 0.360. The Bertz CT molecular complexity index is 1410. The van der Waals surface area contributed by atoms with Gasteiger partial charge in [-0.3, -0.25) is 4.79 Å². The van der Waals surface area contributed by atoms with Crippen LogP contribution in [0.15, 0.2) is 35.1 Å². The highest BCUT2D eigenvalue weighted by atomic mass is 35.5. The van der Waals surface area contributed by atoms with Gasteiger partial charge in [0.05, 0.1) is 24.0 Å². The Hall–Kier alpha value is -3.31. The van der Waals surface area contributed by atoms with Crippen molar-refractivity contribution >= 4 is 34.0 Å². The highest BCUT2D eigenvalue weighted by Gasteiger charge is 2.38. The molecule has 0 atom stereocenters. The van der Waals surface area contributed by atoms with Gasteiger partial charge in [-0.05, 0) is 62.8 Å². The molecular weight excluding hydrogens is 481 g/mol. The number of aromatic nitrogens is 2. The van der Waals surface area contributed by atoms with Crippen LogP contribution in [0.1, 0.15) is 44.1 Å². The number of ether oxygens (including phenoxy) is 1. The molecule has 2 saturated carbocycles. The van der Waals surface area contributed by atoms with E-state index in [4.69, 9.17) is 16.3 Å². The van der Waals surface area contributed by atoms with E-state index in [9.17, 15) is 14.4 Å². The maximum absolute atomic E-state index is 13.8. The summed E-state index contributed by atoms with van der Waals surface area (Å²) in [6, 6.07) is 11.2. The van der Waals surface area contributed by atoms with E-state index in [1.165, 1.54) is 16.7 Å². The van der Waals surface area contributed by atoms with Gasteiger partial charge >= 0.3 is 0 Å². The third-order valence-corrected chi connectivity index (χ3v) is 7.82. The molecule has 188 valence electrons. The summed E-state index contributed by atoms with van der Waals surface area (Å²) in [6.45, 7) is 0. The van der Waals surface area contributed by atoms with E-state index in [0.717, 1.165) is 44.2 Å². The first-order chi connectivity index (χ1) is 17.3. The van der Waals surface area contributed by atoms with Gasteiger partial charge in [0, 0.05) is 38.3 Å². The Labute approximate surface area is 214 Å². The van der Waals surface area contributed by atoms with Crippen molar-refractivity contribution in [2.75, 3.05) is 24.0 Å². The zero-order valence-corrected chi connectivity index (χ0v) is 21.4. The number of methoxy groups -OCH3 is 1. The molecule has 2 fully saturated rings. The van der Waals surface area contributed by atoms with E-state index in [2.05, 4.69) is 16.0 Å². The van der Waals surface area contributed by atoms with Gasteiger partial charge in [-0.25, -0.2) is 9.37 Å². The molecule has 0 radical (unpaired) electrons. The van der Waals surface area contributed by atoms with Crippen molar-refractivity contribution < 1.29 is 9.13 Å². The maximum Gasteiger partial charge on any atom is 0.270 e. The van der Waals surface area contributed by atoms with Gasteiger partial charge in [0.25, 0.3) is 5.56 Å². The molecule has 0 aliphatic heterocycles. The fourth-order valence-electron chi connectivity index (χ4n) is 5.63. The number of aryl methyl sites for hydroxylation is 1. The second-order valence-electron chi connectivity index (χ2n) is 9.73. The zero-order valence-electron chi connectivity index (χ0n) is 20.7. The molecule has 0 bridgehead atoms. The fourth-order valence-corrected chi connectivity index (χ4v) is 5.78. The number of hydrogen-bond donors (Lipinski definition) is 0. The molecule has 9 heteroatoms. The second-order valence-corrected chi connectivity index (χ2v) is 10.1. The van der Waals surface area contributed by atoms with Gasteiger partial charge in [-0.2, -0.15) is 5.26 Å². The summed E-state index contributed by atoms with van der Waals surface area (Å²) in [6.07, 6.45) is 5.89. The summed E-state index contributed by atoms with van der Waals surface area (Å²) in [4.78, 5) is 21.9. The highest BCUT2D eigenvalue weighted by Crippen LogP contribution is 2.43. The van der Waals surface area contributed by atoms with E-state index in [0.29, 0.717) is 39.7 Å². The van der Waals surface area contributed by atoms with Gasteiger partial charge in [0.1, 0.15) is 33.9 Å². The molecule has 7 nitrogen and oxygen atoms in total. The van der Waals surface area contributed by atoms with E-state index in [-0.39, 0.29) is 23.0 Å².